The van der Waals surface area contributed by atoms with Crippen LogP contribution >= 0.6 is 0 Å². The van der Waals surface area contributed by atoms with Gasteiger partial charge in [-0.2, -0.15) is 0 Å². The Labute approximate surface area is 192 Å². The van der Waals surface area contributed by atoms with Crippen molar-refractivity contribution in [2.24, 2.45) is 0 Å². The Hall–Kier alpha value is -3.71. The second-order valence-electron chi connectivity index (χ2n) is 8.26. The Morgan fingerprint density at radius 2 is 2.03 bits per heavy atom. The van der Waals surface area contributed by atoms with Gasteiger partial charge in [-0.15, -0.1) is 0 Å². The monoisotopic (exact) mass is 442 g/mol. The number of amides is 1. The third-order valence-corrected chi connectivity index (χ3v) is 6.00. The molecule has 33 heavy (non-hydrogen) atoms. The van der Waals surface area contributed by atoms with Crippen LogP contribution in [0, 0.1) is 0 Å². The van der Waals surface area contributed by atoms with E-state index < -0.39 is 0 Å². The Morgan fingerprint density at radius 3 is 2.76 bits per heavy atom. The average Bonchev–Trinajstić information content (AvgIpc) is 3.48. The smallest absolute Gasteiger partial charge is 0.219 e. The van der Waals surface area contributed by atoms with Gasteiger partial charge in [-0.1, -0.05) is 18.2 Å². The van der Waals surface area contributed by atoms with Crippen LogP contribution in [0.3, 0.4) is 0 Å². The van der Waals surface area contributed by atoms with Gasteiger partial charge in [-0.05, 0) is 48.7 Å². The molecule has 4 aromatic rings. The van der Waals surface area contributed by atoms with E-state index in [4.69, 9.17) is 14.5 Å². The van der Waals surface area contributed by atoms with Crippen molar-refractivity contribution < 1.29 is 14.3 Å². The number of pyridine rings is 1. The molecule has 168 valence electrons. The lowest BCUT2D eigenvalue weighted by Gasteiger charge is -2.25. The minimum atomic E-state index is -0.0312. The second-order valence-corrected chi connectivity index (χ2v) is 8.26. The predicted molar refractivity (Wildman–Crippen MR) is 126 cm³/mol. The van der Waals surface area contributed by atoms with Gasteiger partial charge in [0.25, 0.3) is 0 Å². The largest absolute Gasteiger partial charge is 0.457 e. The number of likely N-dealkylation sites (tertiary alicyclic amines) is 1. The van der Waals surface area contributed by atoms with Gasteiger partial charge in [0.1, 0.15) is 17.2 Å². The van der Waals surface area contributed by atoms with E-state index in [9.17, 15) is 4.79 Å². The van der Waals surface area contributed by atoms with Crippen LogP contribution in [-0.2, 0) is 16.1 Å². The first-order chi connectivity index (χ1) is 16.1. The van der Waals surface area contributed by atoms with Crippen LogP contribution in [-0.4, -0.2) is 39.4 Å². The van der Waals surface area contributed by atoms with E-state index in [1.54, 1.807) is 20.2 Å². The minimum Gasteiger partial charge on any atom is -0.457 e. The first kappa shape index (κ1) is 21.2. The summed E-state index contributed by atoms with van der Waals surface area (Å²) < 4.78 is 11.6. The van der Waals surface area contributed by atoms with E-state index in [1.165, 1.54) is 0 Å². The number of fused-ring (bicyclic) bond motifs is 1. The zero-order valence-electron chi connectivity index (χ0n) is 18.7. The molecule has 1 aliphatic heterocycles. The number of aromatic amines is 1. The van der Waals surface area contributed by atoms with Crippen molar-refractivity contribution in [2.45, 2.75) is 32.4 Å². The standard InChI is InChI=1S/C26H26N4O3/c1-17(31)30-13-5-7-24(30)20-14-22-23(29-26(28-22)21-6-3-4-12-27-21)15-25(20)33-19-10-8-18(9-11-19)16-32-2/h3-4,6,8-12,14-15,24H,5,7,13,16H2,1-2H3,(H,28,29). The van der Waals surface area contributed by atoms with E-state index in [0.29, 0.717) is 18.2 Å². The molecule has 5 rings (SSSR count). The fraction of sp³-hybridized carbons (Fsp3) is 0.269. The molecule has 1 fully saturated rings. The molecule has 0 bridgehead atoms. The highest BCUT2D eigenvalue weighted by Crippen LogP contribution is 2.41. The van der Waals surface area contributed by atoms with Gasteiger partial charge in [0.05, 0.1) is 23.7 Å². The zero-order valence-corrected chi connectivity index (χ0v) is 18.7. The highest BCUT2D eigenvalue weighted by Gasteiger charge is 2.31. The molecular formula is C26H26N4O3. The molecule has 0 spiro atoms. The SMILES string of the molecule is COCc1ccc(Oc2cc3nc(-c4ccccn4)[nH]c3cc2C2CCCN2C(C)=O)cc1. The number of H-pyrrole nitrogens is 1. The molecule has 1 saturated heterocycles. The van der Waals surface area contributed by atoms with Gasteiger partial charge in [0.2, 0.25) is 5.91 Å². The van der Waals surface area contributed by atoms with Gasteiger partial charge in [0, 0.05) is 38.4 Å². The Morgan fingerprint density at radius 1 is 1.18 bits per heavy atom. The number of benzene rings is 2. The van der Waals surface area contributed by atoms with Crippen molar-refractivity contribution in [1.29, 1.82) is 0 Å². The van der Waals surface area contributed by atoms with E-state index in [1.807, 2.05) is 53.4 Å². The molecule has 7 heteroatoms. The number of carbonyl (C=O) groups is 1. The summed E-state index contributed by atoms with van der Waals surface area (Å²) in [4.78, 5) is 26.8. The van der Waals surface area contributed by atoms with Gasteiger partial charge < -0.3 is 19.4 Å². The highest BCUT2D eigenvalue weighted by atomic mass is 16.5. The summed E-state index contributed by atoms with van der Waals surface area (Å²) in [5.74, 6) is 2.21. The number of carbonyl (C=O) groups excluding carboxylic acids is 1. The van der Waals surface area contributed by atoms with E-state index in [0.717, 1.165) is 53.0 Å². The number of rotatable bonds is 6. The quantitative estimate of drug-likeness (QED) is 0.441. The lowest BCUT2D eigenvalue weighted by atomic mass is 10.0. The summed E-state index contributed by atoms with van der Waals surface area (Å²) in [6, 6.07) is 17.6. The Balaban J connectivity index is 1.57. The molecule has 1 unspecified atom stereocenters. The summed E-state index contributed by atoms with van der Waals surface area (Å²) in [6.45, 7) is 2.93. The van der Waals surface area contributed by atoms with Crippen LogP contribution in [0.5, 0.6) is 11.5 Å². The first-order valence-electron chi connectivity index (χ1n) is 11.1. The van der Waals surface area contributed by atoms with Crippen LogP contribution in [0.2, 0.25) is 0 Å². The van der Waals surface area contributed by atoms with Crippen LogP contribution in [0.25, 0.3) is 22.6 Å². The highest BCUT2D eigenvalue weighted by molar-refractivity contribution is 5.82. The lowest BCUT2D eigenvalue weighted by molar-refractivity contribution is -0.129. The van der Waals surface area contributed by atoms with Crippen molar-refractivity contribution in [1.82, 2.24) is 19.9 Å². The maximum absolute atomic E-state index is 12.3. The molecular weight excluding hydrogens is 416 g/mol. The second kappa shape index (κ2) is 9.03. The van der Waals surface area contributed by atoms with Crippen LogP contribution in [0.4, 0.5) is 0 Å². The summed E-state index contributed by atoms with van der Waals surface area (Å²) in [6.07, 6.45) is 3.62. The topological polar surface area (TPSA) is 80.3 Å². The number of hydrogen-bond acceptors (Lipinski definition) is 5. The number of imidazole rings is 1. The van der Waals surface area contributed by atoms with Crippen LogP contribution in [0.15, 0.2) is 60.8 Å². The number of aromatic nitrogens is 3. The Bertz CT molecular complexity index is 1270. The number of methoxy groups -OCH3 is 1. The van der Waals surface area contributed by atoms with Crippen molar-refractivity contribution in [2.75, 3.05) is 13.7 Å². The summed E-state index contributed by atoms with van der Waals surface area (Å²) in [7, 11) is 1.68. The van der Waals surface area contributed by atoms with E-state index in [-0.39, 0.29) is 11.9 Å². The van der Waals surface area contributed by atoms with Crippen LogP contribution < -0.4 is 4.74 Å². The van der Waals surface area contributed by atoms with Gasteiger partial charge >= 0.3 is 0 Å². The van der Waals surface area contributed by atoms with E-state index in [2.05, 4.69) is 16.0 Å². The van der Waals surface area contributed by atoms with Crippen molar-refractivity contribution in [3.8, 4) is 23.0 Å². The molecule has 1 amide bonds. The number of nitrogens with zero attached hydrogens (tertiary/aromatic N) is 3. The van der Waals surface area contributed by atoms with Gasteiger partial charge in [-0.25, -0.2) is 4.98 Å². The first-order valence-corrected chi connectivity index (χ1v) is 11.1. The molecule has 1 N–H and O–H groups in total. The molecule has 1 aliphatic rings. The fourth-order valence-corrected chi connectivity index (χ4v) is 4.44. The minimum absolute atomic E-state index is 0.0312. The molecule has 1 atom stereocenters. The number of ether oxygens (including phenoxy) is 2. The zero-order chi connectivity index (χ0) is 22.8. The molecule has 0 saturated carbocycles. The maximum atomic E-state index is 12.3. The molecule has 7 nitrogen and oxygen atoms in total. The van der Waals surface area contributed by atoms with Crippen LogP contribution in [0.1, 0.15) is 36.9 Å². The maximum Gasteiger partial charge on any atom is 0.219 e. The van der Waals surface area contributed by atoms with Gasteiger partial charge in [0.15, 0.2) is 5.82 Å². The molecule has 0 radical (unpaired) electrons. The van der Waals surface area contributed by atoms with Crippen molar-refractivity contribution in [3.05, 3.63) is 71.9 Å². The normalized spacial score (nSPS) is 15.8. The van der Waals surface area contributed by atoms with Crippen molar-refractivity contribution >= 4 is 16.9 Å². The number of hydrogen-bond donors (Lipinski definition) is 1. The number of nitrogens with one attached hydrogen (secondary N) is 1. The summed E-state index contributed by atoms with van der Waals surface area (Å²) >= 11 is 0. The third-order valence-electron chi connectivity index (χ3n) is 6.00. The fourth-order valence-electron chi connectivity index (χ4n) is 4.44. The lowest BCUT2D eigenvalue weighted by Crippen LogP contribution is -2.28. The molecule has 3 heterocycles. The summed E-state index contributed by atoms with van der Waals surface area (Å²) in [5, 5.41) is 0. The van der Waals surface area contributed by atoms with Crippen molar-refractivity contribution in [3.63, 3.8) is 0 Å². The van der Waals surface area contributed by atoms with E-state index >= 15 is 0 Å². The molecule has 2 aromatic heterocycles. The molecule has 0 aliphatic carbocycles. The molecule has 2 aromatic carbocycles. The Kier molecular flexibility index (Phi) is 5.79. The summed E-state index contributed by atoms with van der Waals surface area (Å²) in [5.41, 5.74) is 4.51. The third kappa shape index (κ3) is 4.32. The predicted octanol–water partition coefficient (Wildman–Crippen LogP) is 5.25. The average molecular weight is 443 g/mol. The van der Waals surface area contributed by atoms with Gasteiger partial charge in [-0.3, -0.25) is 9.78 Å².